The molecule has 0 fully saturated rings. The van der Waals surface area contributed by atoms with E-state index in [9.17, 15) is 9.59 Å². The molecule has 1 amide bonds. The summed E-state index contributed by atoms with van der Waals surface area (Å²) in [5.41, 5.74) is -4.46. The van der Waals surface area contributed by atoms with Gasteiger partial charge in [-0.1, -0.05) is 0 Å². The molecule has 1 N–H and O–H groups in total. The van der Waals surface area contributed by atoms with Gasteiger partial charge in [0.25, 0.3) is 6.49 Å². The zero-order valence-corrected chi connectivity index (χ0v) is 20.3. The quantitative estimate of drug-likeness (QED) is 0.346. The second kappa shape index (κ2) is 11.3. The summed E-state index contributed by atoms with van der Waals surface area (Å²) in [4.78, 5) is 25.3. The maximum atomic E-state index is 15.2. The number of alkyl carbamates (subject to hydrolysis) is 1. The van der Waals surface area contributed by atoms with Gasteiger partial charge in [0.05, 0.1) is 20.3 Å². The van der Waals surface area contributed by atoms with Crippen LogP contribution in [-0.2, 0) is 25.6 Å². The highest BCUT2D eigenvalue weighted by Gasteiger charge is 2.51. The molecular formula is C20H30F2NO6PS. The summed E-state index contributed by atoms with van der Waals surface area (Å²) in [6.45, 7) is 3.67. The van der Waals surface area contributed by atoms with E-state index in [-0.39, 0.29) is 18.8 Å². The monoisotopic (exact) mass is 481 g/mol. The lowest BCUT2D eigenvalue weighted by Crippen LogP contribution is -2.46. The summed E-state index contributed by atoms with van der Waals surface area (Å²) in [6.07, 6.45) is -2.11. The van der Waals surface area contributed by atoms with Crippen molar-refractivity contribution >= 4 is 30.2 Å². The molecule has 0 radical (unpaired) electrons. The first kappa shape index (κ1) is 27.4. The molecule has 0 saturated heterocycles. The van der Waals surface area contributed by atoms with Gasteiger partial charge >= 0.3 is 11.8 Å². The predicted molar refractivity (Wildman–Crippen MR) is 118 cm³/mol. The number of rotatable bonds is 11. The number of hydrogen-bond acceptors (Lipinski definition) is 7. The summed E-state index contributed by atoms with van der Waals surface area (Å²) in [5, 5.41) is 2.25. The average Bonchev–Trinajstić information content (AvgIpc) is 2.65. The number of carbonyl (C=O) groups excluding carboxylic acids is 2. The average molecular weight is 481 g/mol. The molecule has 176 valence electrons. The van der Waals surface area contributed by atoms with Crippen LogP contribution in [0.25, 0.3) is 0 Å². The first-order valence-corrected chi connectivity index (χ1v) is 12.4. The van der Waals surface area contributed by atoms with Crippen molar-refractivity contribution in [1.29, 1.82) is 0 Å². The van der Waals surface area contributed by atoms with Crippen LogP contribution < -0.4 is 10.1 Å². The standard InChI is InChI=1S/C20H30F2NO6PS/c1-7-27-30(31,28-8-2)20(21,22)13-16(23-18(25)29-19(3,4)5)17(24)14-9-11-15(26-6)12-10-14/h9-12,16H,7-8,13H2,1-6H3,(H,23,25)/t16-/m1/s1. The van der Waals surface area contributed by atoms with Gasteiger partial charge in [-0.2, -0.15) is 8.78 Å². The van der Waals surface area contributed by atoms with Crippen LogP contribution in [0.1, 0.15) is 51.4 Å². The Labute approximate surface area is 186 Å². The molecule has 0 unspecified atom stereocenters. The normalized spacial score (nSPS) is 13.4. The number of Topliss-reactive ketones (excluding diaryl/α,β-unsaturated/α-hetero) is 1. The van der Waals surface area contributed by atoms with E-state index in [4.69, 9.17) is 30.3 Å². The molecule has 1 rings (SSSR count). The highest BCUT2D eigenvalue weighted by atomic mass is 32.5. The van der Waals surface area contributed by atoms with Crippen molar-refractivity contribution in [2.45, 2.75) is 58.3 Å². The van der Waals surface area contributed by atoms with Gasteiger partial charge in [-0.25, -0.2) is 4.79 Å². The van der Waals surface area contributed by atoms with Crippen molar-refractivity contribution < 1.29 is 36.9 Å². The van der Waals surface area contributed by atoms with Gasteiger partial charge in [0.15, 0.2) is 5.78 Å². The number of amides is 1. The number of ether oxygens (including phenoxy) is 2. The van der Waals surface area contributed by atoms with Gasteiger partial charge in [0.2, 0.25) is 0 Å². The molecule has 0 aliphatic rings. The number of hydrogen-bond donors (Lipinski definition) is 1. The smallest absolute Gasteiger partial charge is 0.408 e. The highest BCUT2D eigenvalue weighted by Crippen LogP contribution is 2.64. The fraction of sp³-hybridized carbons (Fsp3) is 0.600. The summed E-state index contributed by atoms with van der Waals surface area (Å²) < 4.78 is 50.8. The van der Waals surface area contributed by atoms with Gasteiger partial charge in [0.1, 0.15) is 17.4 Å². The van der Waals surface area contributed by atoms with E-state index in [0.29, 0.717) is 5.75 Å². The summed E-state index contributed by atoms with van der Waals surface area (Å²) in [5.74, 6) is -0.246. The van der Waals surface area contributed by atoms with Crippen molar-refractivity contribution in [3.05, 3.63) is 29.8 Å². The largest absolute Gasteiger partial charge is 0.497 e. The second-order valence-corrected chi connectivity index (χ2v) is 11.1. The van der Waals surface area contributed by atoms with E-state index in [1.807, 2.05) is 0 Å². The number of benzene rings is 1. The second-order valence-electron chi connectivity index (χ2n) is 7.49. The van der Waals surface area contributed by atoms with E-state index >= 15 is 8.78 Å². The van der Waals surface area contributed by atoms with Crippen LogP contribution in [0.4, 0.5) is 13.6 Å². The van der Waals surface area contributed by atoms with Gasteiger partial charge < -0.3 is 23.8 Å². The lowest BCUT2D eigenvalue weighted by molar-refractivity contribution is 0.0290. The molecule has 1 aromatic carbocycles. The third-order valence-corrected chi connectivity index (χ3v) is 7.44. The van der Waals surface area contributed by atoms with Crippen LogP contribution in [0.5, 0.6) is 5.75 Å². The van der Waals surface area contributed by atoms with E-state index in [0.717, 1.165) is 0 Å². The third kappa shape index (κ3) is 8.11. The van der Waals surface area contributed by atoms with Crippen LogP contribution in [0.2, 0.25) is 0 Å². The molecule has 0 spiro atoms. The Morgan fingerprint density at radius 1 is 1.10 bits per heavy atom. The molecule has 1 atom stereocenters. The minimum absolute atomic E-state index is 0.0799. The van der Waals surface area contributed by atoms with Crippen LogP contribution in [0, 0.1) is 0 Å². The Bertz CT molecular complexity index is 788. The third-order valence-electron chi connectivity index (χ3n) is 3.83. The molecular weight excluding hydrogens is 451 g/mol. The number of ketones is 1. The first-order chi connectivity index (χ1) is 14.3. The lowest BCUT2D eigenvalue weighted by Gasteiger charge is -2.32. The van der Waals surface area contributed by atoms with Crippen molar-refractivity contribution in [2.24, 2.45) is 0 Å². The van der Waals surface area contributed by atoms with Gasteiger partial charge in [-0.15, -0.1) is 0 Å². The van der Waals surface area contributed by atoms with E-state index in [2.05, 4.69) is 5.32 Å². The SMILES string of the molecule is CCOP(=S)(OCC)C(F)(F)C[C@@H](NC(=O)OC(C)(C)C)C(=O)c1ccc(OC)cc1. The number of methoxy groups -OCH3 is 1. The van der Waals surface area contributed by atoms with Crippen molar-refractivity contribution in [3.63, 3.8) is 0 Å². The molecule has 1 aromatic rings. The maximum Gasteiger partial charge on any atom is 0.408 e. The Kier molecular flexibility index (Phi) is 10.0. The van der Waals surface area contributed by atoms with Crippen LogP contribution in [0.3, 0.4) is 0 Å². The number of alkyl halides is 2. The predicted octanol–water partition coefficient (Wildman–Crippen LogP) is 5.14. The molecule has 0 saturated carbocycles. The summed E-state index contributed by atoms with van der Waals surface area (Å²) in [6, 6.07) is 4.25. The molecule has 0 aliphatic carbocycles. The van der Waals surface area contributed by atoms with E-state index in [1.165, 1.54) is 45.2 Å². The maximum absolute atomic E-state index is 15.2. The van der Waals surface area contributed by atoms with E-state index < -0.39 is 42.1 Å². The van der Waals surface area contributed by atoms with Gasteiger partial charge in [0, 0.05) is 12.0 Å². The number of carbonyl (C=O) groups is 2. The fourth-order valence-electron chi connectivity index (χ4n) is 2.54. The fourth-order valence-corrected chi connectivity index (χ4v) is 4.93. The minimum Gasteiger partial charge on any atom is -0.497 e. The summed E-state index contributed by atoms with van der Waals surface area (Å²) >= 11 is 5.04. The molecule has 7 nitrogen and oxygen atoms in total. The van der Waals surface area contributed by atoms with Crippen LogP contribution >= 0.6 is 6.49 Å². The zero-order chi connectivity index (χ0) is 23.9. The Hall–Kier alpha value is -1.61. The zero-order valence-electron chi connectivity index (χ0n) is 18.6. The number of nitrogens with one attached hydrogen (secondary N) is 1. The number of halogens is 2. The van der Waals surface area contributed by atoms with Crippen LogP contribution in [-0.4, -0.2) is 49.5 Å². The first-order valence-electron chi connectivity index (χ1n) is 9.73. The Balaban J connectivity index is 3.25. The Morgan fingerprint density at radius 2 is 1.61 bits per heavy atom. The molecule has 0 aromatic heterocycles. The molecule has 0 aliphatic heterocycles. The molecule has 0 heterocycles. The topological polar surface area (TPSA) is 83.1 Å². The van der Waals surface area contributed by atoms with Crippen molar-refractivity contribution in [1.82, 2.24) is 5.32 Å². The van der Waals surface area contributed by atoms with Crippen molar-refractivity contribution in [2.75, 3.05) is 20.3 Å². The van der Waals surface area contributed by atoms with E-state index in [1.54, 1.807) is 20.8 Å². The lowest BCUT2D eigenvalue weighted by atomic mass is 10.0. The van der Waals surface area contributed by atoms with Crippen molar-refractivity contribution in [3.8, 4) is 5.75 Å². The summed E-state index contributed by atoms with van der Waals surface area (Å²) in [7, 11) is 1.46. The molecule has 31 heavy (non-hydrogen) atoms. The van der Waals surface area contributed by atoms with Gasteiger partial charge in [-0.05, 0) is 70.7 Å². The van der Waals surface area contributed by atoms with Crippen LogP contribution in [0.15, 0.2) is 24.3 Å². The van der Waals surface area contributed by atoms with Gasteiger partial charge in [-0.3, -0.25) is 4.79 Å². The highest BCUT2D eigenvalue weighted by molar-refractivity contribution is 8.10. The Morgan fingerprint density at radius 3 is 2.03 bits per heavy atom. The molecule has 11 heteroatoms. The molecule has 0 bridgehead atoms. The minimum atomic E-state index is -4.07.